The first-order valence-electron chi connectivity index (χ1n) is 14.9. The van der Waals surface area contributed by atoms with Crippen LogP contribution in [0.2, 0.25) is 0 Å². The van der Waals surface area contributed by atoms with E-state index in [0.29, 0.717) is 5.71 Å². The van der Waals surface area contributed by atoms with Crippen LogP contribution in [0.15, 0.2) is 162 Å². The van der Waals surface area contributed by atoms with Crippen molar-refractivity contribution in [1.82, 2.24) is 4.98 Å². The Labute approximate surface area is 254 Å². The minimum atomic E-state index is 0.655. The van der Waals surface area contributed by atoms with Gasteiger partial charge in [0, 0.05) is 34.0 Å². The molecule has 0 unspecified atom stereocenters. The molecule has 9 rings (SSSR count). The molecule has 0 N–H and O–H groups in total. The molecule has 0 saturated heterocycles. The first-order chi connectivity index (χ1) is 21.8. The van der Waals surface area contributed by atoms with Gasteiger partial charge in [-0.2, -0.15) is 0 Å². The van der Waals surface area contributed by atoms with E-state index in [1.165, 1.54) is 43.4 Å². The number of anilines is 3. The predicted octanol–water partition coefficient (Wildman–Crippen LogP) is 11.6. The number of hydrogen-bond acceptors (Lipinski definition) is 3. The molecule has 7 aromatic carbocycles. The van der Waals surface area contributed by atoms with Crippen molar-refractivity contribution in [3.05, 3.63) is 158 Å². The molecule has 0 bridgehead atoms. The fourth-order valence-electron chi connectivity index (χ4n) is 6.56. The van der Waals surface area contributed by atoms with Crippen LogP contribution in [0, 0.1) is 0 Å². The SMILES string of the molecule is c1ccc(-c2ccc(N(c3ccc4ccc5c6ccccc6ccc5c4c3)c3ccc4oc5ncccc5c4c3)cc2)cc1. The molecule has 0 atom stereocenters. The number of benzene rings is 7. The maximum atomic E-state index is 6.07. The largest absolute Gasteiger partial charge is 0.438 e. The van der Waals surface area contributed by atoms with Crippen LogP contribution >= 0.6 is 0 Å². The molecule has 0 radical (unpaired) electrons. The summed E-state index contributed by atoms with van der Waals surface area (Å²) in [5.41, 5.74) is 7.11. The Morgan fingerprint density at radius 2 is 1.02 bits per heavy atom. The molecule has 0 spiro atoms. The Morgan fingerprint density at radius 3 is 1.86 bits per heavy atom. The van der Waals surface area contributed by atoms with Crippen LogP contribution in [0.5, 0.6) is 0 Å². The summed E-state index contributed by atoms with van der Waals surface area (Å²) in [4.78, 5) is 6.79. The lowest BCUT2D eigenvalue weighted by Crippen LogP contribution is -2.09. The number of fused-ring (bicyclic) bond motifs is 8. The zero-order valence-corrected chi connectivity index (χ0v) is 23.8. The van der Waals surface area contributed by atoms with Crippen molar-refractivity contribution in [2.75, 3.05) is 4.90 Å². The van der Waals surface area contributed by atoms with E-state index in [4.69, 9.17) is 4.42 Å². The first kappa shape index (κ1) is 24.6. The predicted molar refractivity (Wildman–Crippen MR) is 184 cm³/mol. The van der Waals surface area contributed by atoms with E-state index in [2.05, 4.69) is 155 Å². The molecule has 9 aromatic rings. The Bertz CT molecular complexity index is 2490. The molecule has 0 fully saturated rings. The molecular formula is C41H26N2O. The van der Waals surface area contributed by atoms with E-state index in [9.17, 15) is 0 Å². The second-order valence-corrected chi connectivity index (χ2v) is 11.2. The third-order valence-electron chi connectivity index (χ3n) is 8.71. The minimum Gasteiger partial charge on any atom is -0.438 e. The van der Waals surface area contributed by atoms with Crippen LogP contribution in [-0.2, 0) is 0 Å². The molecule has 2 heterocycles. The minimum absolute atomic E-state index is 0.655. The first-order valence-corrected chi connectivity index (χ1v) is 14.9. The van der Waals surface area contributed by atoms with Crippen molar-refractivity contribution in [3.63, 3.8) is 0 Å². The molecule has 0 aliphatic rings. The molecular weight excluding hydrogens is 536 g/mol. The van der Waals surface area contributed by atoms with Crippen molar-refractivity contribution in [2.45, 2.75) is 0 Å². The lowest BCUT2D eigenvalue weighted by molar-refractivity contribution is 0.654. The molecule has 44 heavy (non-hydrogen) atoms. The Morgan fingerprint density at radius 1 is 0.409 bits per heavy atom. The Hall–Kier alpha value is -5.93. The second kappa shape index (κ2) is 9.82. The smallest absolute Gasteiger partial charge is 0.227 e. The lowest BCUT2D eigenvalue weighted by Gasteiger charge is -2.26. The van der Waals surface area contributed by atoms with Gasteiger partial charge in [-0.15, -0.1) is 0 Å². The molecule has 0 aliphatic heterocycles. The normalized spacial score (nSPS) is 11.6. The van der Waals surface area contributed by atoms with Crippen molar-refractivity contribution >= 4 is 71.4 Å². The summed E-state index contributed by atoms with van der Waals surface area (Å²) < 4.78 is 6.07. The molecule has 3 nitrogen and oxygen atoms in total. The zero-order valence-electron chi connectivity index (χ0n) is 23.8. The summed E-state index contributed by atoms with van der Waals surface area (Å²) in [5, 5.41) is 9.57. The summed E-state index contributed by atoms with van der Waals surface area (Å²) in [7, 11) is 0. The quantitative estimate of drug-likeness (QED) is 0.200. The summed E-state index contributed by atoms with van der Waals surface area (Å²) in [6.45, 7) is 0. The molecule has 0 aliphatic carbocycles. The highest BCUT2D eigenvalue weighted by Crippen LogP contribution is 2.41. The van der Waals surface area contributed by atoms with Gasteiger partial charge in [0.15, 0.2) is 0 Å². The maximum Gasteiger partial charge on any atom is 0.227 e. The highest BCUT2D eigenvalue weighted by molar-refractivity contribution is 6.18. The van der Waals surface area contributed by atoms with Crippen LogP contribution in [0.3, 0.4) is 0 Å². The number of rotatable bonds is 4. The number of hydrogen-bond donors (Lipinski definition) is 0. The molecule has 206 valence electrons. The Kier molecular flexibility index (Phi) is 5.50. The maximum absolute atomic E-state index is 6.07. The lowest BCUT2D eigenvalue weighted by atomic mass is 9.96. The van der Waals surface area contributed by atoms with Gasteiger partial charge in [-0.05, 0) is 98.0 Å². The van der Waals surface area contributed by atoms with Crippen LogP contribution in [0.1, 0.15) is 0 Å². The molecule has 2 aromatic heterocycles. The van der Waals surface area contributed by atoms with Crippen LogP contribution < -0.4 is 4.90 Å². The third kappa shape index (κ3) is 3.94. The van der Waals surface area contributed by atoms with Gasteiger partial charge in [0.05, 0.1) is 0 Å². The van der Waals surface area contributed by atoms with Gasteiger partial charge in [-0.3, -0.25) is 0 Å². The third-order valence-corrected chi connectivity index (χ3v) is 8.71. The van der Waals surface area contributed by atoms with Crippen LogP contribution in [0.25, 0.3) is 65.5 Å². The monoisotopic (exact) mass is 562 g/mol. The zero-order chi connectivity index (χ0) is 29.0. The number of nitrogens with zero attached hydrogens (tertiary/aromatic N) is 2. The van der Waals surface area contributed by atoms with Crippen molar-refractivity contribution < 1.29 is 4.42 Å². The van der Waals surface area contributed by atoms with E-state index in [-0.39, 0.29) is 0 Å². The van der Waals surface area contributed by atoms with Gasteiger partial charge in [0.1, 0.15) is 5.58 Å². The molecule has 0 saturated carbocycles. The number of aromatic nitrogens is 1. The van der Waals surface area contributed by atoms with E-state index in [1.54, 1.807) is 6.20 Å². The summed E-state index contributed by atoms with van der Waals surface area (Å²) in [6, 6.07) is 54.2. The molecule has 0 amide bonds. The van der Waals surface area contributed by atoms with E-state index < -0.39 is 0 Å². The number of furan rings is 1. The highest BCUT2D eigenvalue weighted by Gasteiger charge is 2.17. The van der Waals surface area contributed by atoms with Crippen LogP contribution in [-0.4, -0.2) is 4.98 Å². The fourth-order valence-corrected chi connectivity index (χ4v) is 6.56. The van der Waals surface area contributed by atoms with E-state index in [0.717, 1.165) is 33.4 Å². The van der Waals surface area contributed by atoms with Crippen molar-refractivity contribution in [2.24, 2.45) is 0 Å². The Balaban J connectivity index is 1.26. The average Bonchev–Trinajstić information content (AvgIpc) is 3.47. The van der Waals surface area contributed by atoms with Crippen LogP contribution in [0.4, 0.5) is 17.1 Å². The standard InChI is InChI=1S/C41H26N2O/c1-2-7-27(8-3-1)28-12-17-31(18-13-28)43(33-20-23-40-39(26-33)37-11-6-24-42-41(37)44-40)32-19-14-30-16-21-35-34-10-5-4-9-29(34)15-22-36(35)38(30)25-32/h1-26H. The second-order valence-electron chi connectivity index (χ2n) is 11.2. The van der Waals surface area contributed by atoms with Crippen molar-refractivity contribution in [3.8, 4) is 11.1 Å². The summed E-state index contributed by atoms with van der Waals surface area (Å²) >= 11 is 0. The van der Waals surface area contributed by atoms with E-state index in [1.807, 2.05) is 6.07 Å². The molecule has 3 heteroatoms. The summed E-state index contributed by atoms with van der Waals surface area (Å²) in [6.07, 6.45) is 1.77. The van der Waals surface area contributed by atoms with Crippen molar-refractivity contribution in [1.29, 1.82) is 0 Å². The van der Waals surface area contributed by atoms with E-state index >= 15 is 0 Å². The van der Waals surface area contributed by atoms with Gasteiger partial charge in [-0.1, -0.05) is 97.1 Å². The average molecular weight is 563 g/mol. The van der Waals surface area contributed by atoms with Gasteiger partial charge >= 0.3 is 0 Å². The topological polar surface area (TPSA) is 29.3 Å². The fraction of sp³-hybridized carbons (Fsp3) is 0. The van der Waals surface area contributed by atoms with Gasteiger partial charge in [0.25, 0.3) is 0 Å². The van der Waals surface area contributed by atoms with Gasteiger partial charge in [0.2, 0.25) is 5.71 Å². The summed E-state index contributed by atoms with van der Waals surface area (Å²) in [5.74, 6) is 0. The van der Waals surface area contributed by atoms with Gasteiger partial charge < -0.3 is 9.32 Å². The van der Waals surface area contributed by atoms with Gasteiger partial charge in [-0.25, -0.2) is 4.98 Å². The highest BCUT2D eigenvalue weighted by atomic mass is 16.3. The number of pyridine rings is 1.